The molecule has 19 heavy (non-hydrogen) atoms. The lowest BCUT2D eigenvalue weighted by Gasteiger charge is -2.09. The van der Waals surface area contributed by atoms with Gasteiger partial charge < -0.3 is 16.4 Å². The summed E-state index contributed by atoms with van der Waals surface area (Å²) in [7, 11) is 0. The van der Waals surface area contributed by atoms with Crippen molar-refractivity contribution in [1.82, 2.24) is 15.1 Å². The van der Waals surface area contributed by atoms with Crippen molar-refractivity contribution in [3.05, 3.63) is 5.69 Å². The van der Waals surface area contributed by atoms with Crippen molar-refractivity contribution in [1.29, 1.82) is 0 Å². The number of hydrogen-bond acceptors (Lipinski definition) is 4. The Balaban J connectivity index is 1.74. The summed E-state index contributed by atoms with van der Waals surface area (Å²) in [4.78, 5) is 11.5. The van der Waals surface area contributed by atoms with Gasteiger partial charge in [0.1, 0.15) is 5.82 Å². The molecule has 6 nitrogen and oxygen atoms in total. The molecule has 0 bridgehead atoms. The molecule has 1 aromatic heterocycles. The van der Waals surface area contributed by atoms with Crippen LogP contribution in [0.4, 0.5) is 11.5 Å². The lowest BCUT2D eigenvalue weighted by molar-refractivity contribution is -0.121. The van der Waals surface area contributed by atoms with Gasteiger partial charge in [-0.15, -0.1) is 0 Å². The van der Waals surface area contributed by atoms with E-state index in [0.717, 1.165) is 43.9 Å². The van der Waals surface area contributed by atoms with E-state index >= 15 is 0 Å². The highest BCUT2D eigenvalue weighted by molar-refractivity contribution is 5.76. The second-order valence-corrected chi connectivity index (χ2v) is 5.04. The van der Waals surface area contributed by atoms with Gasteiger partial charge in [0.05, 0.1) is 11.4 Å². The number of hydrogen-bond donors (Lipinski definition) is 3. The fourth-order valence-corrected chi connectivity index (χ4v) is 1.99. The van der Waals surface area contributed by atoms with Gasteiger partial charge in [-0.25, -0.2) is 4.68 Å². The summed E-state index contributed by atoms with van der Waals surface area (Å²) < 4.78 is 1.86. The van der Waals surface area contributed by atoms with E-state index in [4.69, 9.17) is 5.73 Å². The van der Waals surface area contributed by atoms with Crippen molar-refractivity contribution >= 4 is 17.4 Å². The highest BCUT2D eigenvalue weighted by Crippen LogP contribution is 2.22. The zero-order valence-electron chi connectivity index (χ0n) is 11.7. The second kappa shape index (κ2) is 5.95. The maximum Gasteiger partial charge on any atom is 0.220 e. The first-order chi connectivity index (χ1) is 9.11. The third-order valence-electron chi connectivity index (χ3n) is 3.29. The van der Waals surface area contributed by atoms with E-state index in [2.05, 4.69) is 15.7 Å². The number of aromatic nitrogens is 2. The van der Waals surface area contributed by atoms with Crippen molar-refractivity contribution in [2.75, 3.05) is 17.6 Å². The van der Waals surface area contributed by atoms with Crippen LogP contribution in [0.1, 0.15) is 38.3 Å². The molecule has 0 unspecified atom stereocenters. The normalized spacial score (nSPS) is 14.4. The molecule has 0 atom stereocenters. The molecule has 6 heteroatoms. The third-order valence-corrected chi connectivity index (χ3v) is 3.29. The van der Waals surface area contributed by atoms with Crippen molar-refractivity contribution in [2.24, 2.45) is 0 Å². The fourth-order valence-electron chi connectivity index (χ4n) is 1.99. The zero-order chi connectivity index (χ0) is 13.8. The fraction of sp³-hybridized carbons (Fsp3) is 0.692. The number of carbonyl (C=O) groups is 1. The second-order valence-electron chi connectivity index (χ2n) is 5.04. The number of nitrogen functional groups attached to an aromatic ring is 1. The molecule has 106 valence electrons. The summed E-state index contributed by atoms with van der Waals surface area (Å²) in [5.41, 5.74) is 7.51. The number of amides is 1. The molecule has 1 aliphatic rings. The van der Waals surface area contributed by atoms with Crippen LogP contribution in [0.3, 0.4) is 0 Å². The van der Waals surface area contributed by atoms with Gasteiger partial charge in [0.25, 0.3) is 0 Å². The van der Waals surface area contributed by atoms with E-state index in [1.54, 1.807) is 0 Å². The maximum atomic E-state index is 11.5. The largest absolute Gasteiger partial charge is 0.394 e. The van der Waals surface area contributed by atoms with Gasteiger partial charge in [-0.1, -0.05) is 0 Å². The van der Waals surface area contributed by atoms with Crippen molar-refractivity contribution in [3.63, 3.8) is 0 Å². The maximum absolute atomic E-state index is 11.5. The molecular formula is C13H23N5O. The minimum absolute atomic E-state index is 0.150. The van der Waals surface area contributed by atoms with Gasteiger partial charge in [0.2, 0.25) is 5.91 Å². The zero-order valence-corrected chi connectivity index (χ0v) is 11.7. The monoisotopic (exact) mass is 265 g/mol. The topological polar surface area (TPSA) is 85.0 Å². The number of carbonyl (C=O) groups excluding carboxylic acids is 1. The molecule has 1 fully saturated rings. The van der Waals surface area contributed by atoms with Crippen molar-refractivity contribution in [3.8, 4) is 0 Å². The van der Waals surface area contributed by atoms with Crippen LogP contribution in [-0.4, -0.2) is 28.3 Å². The van der Waals surface area contributed by atoms with Gasteiger partial charge in [0, 0.05) is 25.6 Å². The number of nitrogens with one attached hydrogen (secondary N) is 2. The summed E-state index contributed by atoms with van der Waals surface area (Å²) >= 11 is 0. The lowest BCUT2D eigenvalue weighted by atomic mass is 10.3. The molecule has 0 aliphatic heterocycles. The molecule has 4 N–H and O–H groups in total. The Morgan fingerprint density at radius 2 is 2.26 bits per heavy atom. The van der Waals surface area contributed by atoms with E-state index in [1.807, 2.05) is 18.5 Å². The van der Waals surface area contributed by atoms with E-state index in [1.165, 1.54) is 0 Å². The number of aryl methyl sites for hydroxylation is 2. The van der Waals surface area contributed by atoms with Gasteiger partial charge >= 0.3 is 0 Å². The predicted octanol–water partition coefficient (Wildman–Crippen LogP) is 1.26. The van der Waals surface area contributed by atoms with Gasteiger partial charge in [-0.3, -0.25) is 4.79 Å². The van der Waals surface area contributed by atoms with Crippen LogP contribution in [0.2, 0.25) is 0 Å². The minimum Gasteiger partial charge on any atom is -0.394 e. The van der Waals surface area contributed by atoms with Crippen LogP contribution < -0.4 is 16.4 Å². The van der Waals surface area contributed by atoms with Gasteiger partial charge in [-0.2, -0.15) is 5.10 Å². The first-order valence-electron chi connectivity index (χ1n) is 6.98. The summed E-state index contributed by atoms with van der Waals surface area (Å²) in [6.45, 7) is 5.44. The summed E-state index contributed by atoms with van der Waals surface area (Å²) in [6, 6.07) is 0.445. The Bertz CT molecular complexity index is 450. The summed E-state index contributed by atoms with van der Waals surface area (Å²) in [6.07, 6.45) is 3.62. The third kappa shape index (κ3) is 3.62. The molecule has 0 aromatic carbocycles. The van der Waals surface area contributed by atoms with Crippen LogP contribution in [-0.2, 0) is 11.3 Å². The summed E-state index contributed by atoms with van der Waals surface area (Å²) in [5, 5.41) is 10.6. The molecule has 1 heterocycles. The SMILES string of the molecule is CCn1nc(C)c(N)c1NCCCC(=O)NC1CC1. The average Bonchev–Trinajstić information content (AvgIpc) is 3.14. The van der Waals surface area contributed by atoms with Crippen LogP contribution in [0.5, 0.6) is 0 Å². The smallest absolute Gasteiger partial charge is 0.220 e. The Morgan fingerprint density at radius 1 is 1.53 bits per heavy atom. The van der Waals surface area contributed by atoms with E-state index in [0.29, 0.717) is 18.2 Å². The van der Waals surface area contributed by atoms with Crippen LogP contribution >= 0.6 is 0 Å². The highest BCUT2D eigenvalue weighted by atomic mass is 16.1. The number of anilines is 2. The van der Waals surface area contributed by atoms with E-state index < -0.39 is 0 Å². The molecular weight excluding hydrogens is 242 g/mol. The van der Waals surface area contributed by atoms with Crippen LogP contribution in [0.25, 0.3) is 0 Å². The predicted molar refractivity (Wildman–Crippen MR) is 75.9 cm³/mol. The minimum atomic E-state index is 0.150. The molecule has 1 saturated carbocycles. The molecule has 1 aliphatic carbocycles. The highest BCUT2D eigenvalue weighted by Gasteiger charge is 2.22. The van der Waals surface area contributed by atoms with Crippen molar-refractivity contribution < 1.29 is 4.79 Å². The Hall–Kier alpha value is -1.72. The number of nitrogens with two attached hydrogens (primary N) is 1. The molecule has 1 amide bonds. The molecule has 0 radical (unpaired) electrons. The standard InChI is InChI=1S/C13H23N5O/c1-3-18-13(12(14)9(2)17-18)15-8-4-5-11(19)16-10-6-7-10/h10,15H,3-8,14H2,1-2H3,(H,16,19). The lowest BCUT2D eigenvalue weighted by Crippen LogP contribution is -2.25. The first kappa shape index (κ1) is 13.7. The Morgan fingerprint density at radius 3 is 2.89 bits per heavy atom. The summed E-state index contributed by atoms with van der Waals surface area (Å²) in [5.74, 6) is 1.01. The van der Waals surface area contributed by atoms with Crippen LogP contribution in [0, 0.1) is 6.92 Å². The van der Waals surface area contributed by atoms with Crippen LogP contribution in [0.15, 0.2) is 0 Å². The van der Waals surface area contributed by atoms with Gasteiger partial charge in [0.15, 0.2) is 0 Å². The quantitative estimate of drug-likeness (QED) is 0.648. The van der Waals surface area contributed by atoms with Gasteiger partial charge in [-0.05, 0) is 33.1 Å². The number of rotatable bonds is 7. The number of nitrogens with zero attached hydrogens (tertiary/aromatic N) is 2. The molecule has 1 aromatic rings. The van der Waals surface area contributed by atoms with Crippen molar-refractivity contribution in [2.45, 2.75) is 52.1 Å². The molecule has 0 spiro atoms. The first-order valence-corrected chi connectivity index (χ1v) is 6.98. The Kier molecular flexibility index (Phi) is 4.29. The van der Waals surface area contributed by atoms with E-state index in [9.17, 15) is 4.79 Å². The Labute approximate surface area is 113 Å². The van der Waals surface area contributed by atoms with E-state index in [-0.39, 0.29) is 5.91 Å². The average molecular weight is 265 g/mol. The molecule has 2 rings (SSSR count). The molecule has 0 saturated heterocycles.